The van der Waals surface area contributed by atoms with E-state index in [1.54, 1.807) is 0 Å². The third kappa shape index (κ3) is 2.84. The molecule has 9 aromatic carbocycles. The Morgan fingerprint density at radius 2 is 0.878 bits per heavy atom. The summed E-state index contributed by atoms with van der Waals surface area (Å²) in [6.45, 7) is 0. The van der Waals surface area contributed by atoms with Crippen molar-refractivity contribution in [1.29, 1.82) is 0 Å². The minimum atomic E-state index is 1.28. The third-order valence-corrected chi connectivity index (χ3v) is 10.4. The Bertz CT molecular complexity index is 2690. The van der Waals surface area contributed by atoms with Crippen molar-refractivity contribution < 1.29 is 0 Å². The van der Waals surface area contributed by atoms with Crippen molar-refractivity contribution in [2.45, 2.75) is 0 Å². The number of fused-ring (bicyclic) bond motifs is 10. The van der Waals surface area contributed by atoms with Gasteiger partial charge in [0.15, 0.2) is 0 Å². The topological polar surface area (TPSA) is 0 Å². The first-order valence-corrected chi connectivity index (χ1v) is 15.0. The van der Waals surface area contributed by atoms with E-state index < -0.39 is 0 Å². The predicted octanol–water partition coefficient (Wildman–Crippen LogP) is 12.1. The zero-order valence-corrected chi connectivity index (χ0v) is 22.9. The molecular formula is C40H22S. The number of benzene rings is 9. The van der Waals surface area contributed by atoms with Crippen LogP contribution < -0.4 is 0 Å². The molecule has 0 fully saturated rings. The Morgan fingerprint density at radius 1 is 0.341 bits per heavy atom. The van der Waals surface area contributed by atoms with Crippen LogP contribution in [0.1, 0.15) is 0 Å². The second-order valence-corrected chi connectivity index (χ2v) is 12.3. The molecule has 0 amide bonds. The second kappa shape index (κ2) is 7.81. The van der Waals surface area contributed by atoms with Crippen LogP contribution in [0.25, 0.3) is 95.9 Å². The zero-order valence-electron chi connectivity index (χ0n) is 22.1. The molecule has 0 aliphatic heterocycles. The molecule has 0 aliphatic carbocycles. The van der Waals surface area contributed by atoms with E-state index >= 15 is 0 Å². The van der Waals surface area contributed by atoms with Gasteiger partial charge < -0.3 is 0 Å². The summed E-state index contributed by atoms with van der Waals surface area (Å²) in [6.07, 6.45) is 0. The van der Waals surface area contributed by atoms with Crippen molar-refractivity contribution in [3.8, 4) is 11.1 Å². The van der Waals surface area contributed by atoms with Crippen LogP contribution in [-0.2, 0) is 0 Å². The lowest BCUT2D eigenvalue weighted by Crippen LogP contribution is -1.90. The van der Waals surface area contributed by atoms with Gasteiger partial charge in [0.2, 0.25) is 0 Å². The molecule has 0 saturated carbocycles. The van der Waals surface area contributed by atoms with Crippen LogP contribution in [0.5, 0.6) is 0 Å². The van der Waals surface area contributed by atoms with E-state index in [0.29, 0.717) is 0 Å². The van der Waals surface area contributed by atoms with E-state index in [4.69, 9.17) is 0 Å². The SMILES string of the molecule is c1ccc2cc3c(cc2c1)sc1c(-c2ccc4c(c2)c2cccc5c6ccccc6c6cccc4c6c52)cccc13. The first-order chi connectivity index (χ1) is 20.3. The summed E-state index contributed by atoms with van der Waals surface area (Å²) in [5.41, 5.74) is 2.59. The summed E-state index contributed by atoms with van der Waals surface area (Å²) in [4.78, 5) is 0. The van der Waals surface area contributed by atoms with Gasteiger partial charge in [-0.3, -0.25) is 0 Å². The van der Waals surface area contributed by atoms with Crippen molar-refractivity contribution in [1.82, 2.24) is 0 Å². The fourth-order valence-electron chi connectivity index (χ4n) is 7.37. The highest BCUT2D eigenvalue weighted by Crippen LogP contribution is 2.46. The van der Waals surface area contributed by atoms with Gasteiger partial charge in [0.1, 0.15) is 0 Å². The van der Waals surface area contributed by atoms with Crippen LogP contribution >= 0.6 is 11.3 Å². The molecule has 0 unspecified atom stereocenters. The molecule has 188 valence electrons. The van der Waals surface area contributed by atoms with Crippen LogP contribution in [0.15, 0.2) is 133 Å². The van der Waals surface area contributed by atoms with E-state index in [1.807, 2.05) is 11.3 Å². The van der Waals surface area contributed by atoms with Crippen molar-refractivity contribution in [3.05, 3.63) is 133 Å². The summed E-state index contributed by atoms with van der Waals surface area (Å²) in [7, 11) is 0. The van der Waals surface area contributed by atoms with E-state index in [2.05, 4.69) is 133 Å². The van der Waals surface area contributed by atoms with Gasteiger partial charge in [-0.05, 0) is 94.0 Å². The molecule has 10 aromatic rings. The van der Waals surface area contributed by atoms with Crippen molar-refractivity contribution in [2.75, 3.05) is 0 Å². The molecule has 0 nitrogen and oxygen atoms in total. The van der Waals surface area contributed by atoms with Gasteiger partial charge in [-0.2, -0.15) is 0 Å². The van der Waals surface area contributed by atoms with E-state index in [1.165, 1.54) is 95.9 Å². The Kier molecular flexibility index (Phi) is 4.15. The summed E-state index contributed by atoms with van der Waals surface area (Å²) >= 11 is 1.92. The Balaban J connectivity index is 1.32. The zero-order chi connectivity index (χ0) is 26.7. The van der Waals surface area contributed by atoms with Crippen LogP contribution in [0.2, 0.25) is 0 Å². The summed E-state index contributed by atoms with van der Waals surface area (Å²) in [6, 6.07) is 49.9. The van der Waals surface area contributed by atoms with Gasteiger partial charge in [-0.1, -0.05) is 115 Å². The van der Waals surface area contributed by atoms with Crippen LogP contribution in [0.4, 0.5) is 0 Å². The molecule has 41 heavy (non-hydrogen) atoms. The lowest BCUT2D eigenvalue weighted by Gasteiger charge is -2.18. The molecule has 0 atom stereocenters. The second-order valence-electron chi connectivity index (χ2n) is 11.2. The first-order valence-electron chi connectivity index (χ1n) is 14.2. The molecule has 10 rings (SSSR count). The van der Waals surface area contributed by atoms with Crippen LogP contribution in [0, 0.1) is 0 Å². The maximum absolute atomic E-state index is 2.44. The minimum absolute atomic E-state index is 1.28. The molecule has 1 aromatic heterocycles. The van der Waals surface area contributed by atoms with Gasteiger partial charge >= 0.3 is 0 Å². The standard InChI is InChI=1S/C40H22S/c1-2-9-24-22-37-36(20-23(24)8-1)34-17-5-12-26(40(34)41-37)25-18-19-29-32-15-6-13-30-27-10-3-4-11-28(27)31-14-7-16-33(35(29)21-25)39(31)38(30)32/h1-22H. The van der Waals surface area contributed by atoms with E-state index in [0.717, 1.165) is 0 Å². The molecule has 0 N–H and O–H groups in total. The van der Waals surface area contributed by atoms with Crippen molar-refractivity contribution >= 4 is 96.1 Å². The van der Waals surface area contributed by atoms with E-state index in [9.17, 15) is 0 Å². The summed E-state index contributed by atoms with van der Waals surface area (Å²) < 4.78 is 2.71. The molecule has 0 aliphatic rings. The Hall–Kier alpha value is -4.98. The smallest absolute Gasteiger partial charge is 0.0433 e. The fourth-order valence-corrected chi connectivity index (χ4v) is 8.64. The number of hydrogen-bond donors (Lipinski definition) is 0. The van der Waals surface area contributed by atoms with Crippen LogP contribution in [-0.4, -0.2) is 0 Å². The lowest BCUT2D eigenvalue weighted by molar-refractivity contribution is 1.73. The van der Waals surface area contributed by atoms with Gasteiger partial charge in [0.05, 0.1) is 0 Å². The average molecular weight is 535 g/mol. The Labute approximate surface area is 240 Å². The predicted molar refractivity (Wildman–Crippen MR) is 181 cm³/mol. The Morgan fingerprint density at radius 3 is 1.59 bits per heavy atom. The highest BCUT2D eigenvalue weighted by molar-refractivity contribution is 7.26. The molecule has 0 spiro atoms. The minimum Gasteiger partial charge on any atom is -0.135 e. The lowest BCUT2D eigenvalue weighted by atomic mass is 9.85. The summed E-state index contributed by atoms with van der Waals surface area (Å²) in [5.74, 6) is 0. The molecular weight excluding hydrogens is 513 g/mol. The monoisotopic (exact) mass is 534 g/mol. The van der Waals surface area contributed by atoms with E-state index in [-0.39, 0.29) is 0 Å². The van der Waals surface area contributed by atoms with Crippen LogP contribution in [0.3, 0.4) is 0 Å². The molecule has 1 heteroatoms. The van der Waals surface area contributed by atoms with Gasteiger partial charge in [0, 0.05) is 20.2 Å². The van der Waals surface area contributed by atoms with Gasteiger partial charge in [-0.15, -0.1) is 11.3 Å². The molecule has 0 bridgehead atoms. The number of hydrogen-bond acceptors (Lipinski definition) is 1. The maximum atomic E-state index is 2.44. The average Bonchev–Trinajstić information content (AvgIpc) is 3.40. The summed E-state index contributed by atoms with van der Waals surface area (Å²) in [5, 5.41) is 18.7. The first kappa shape index (κ1) is 21.8. The largest absolute Gasteiger partial charge is 0.135 e. The number of rotatable bonds is 1. The normalized spacial score (nSPS) is 12.4. The van der Waals surface area contributed by atoms with Crippen molar-refractivity contribution in [3.63, 3.8) is 0 Å². The molecule has 0 saturated heterocycles. The van der Waals surface area contributed by atoms with Gasteiger partial charge in [0.25, 0.3) is 0 Å². The van der Waals surface area contributed by atoms with Gasteiger partial charge in [-0.25, -0.2) is 0 Å². The molecule has 1 heterocycles. The fraction of sp³-hybridized carbons (Fsp3) is 0. The van der Waals surface area contributed by atoms with Crippen molar-refractivity contribution in [2.24, 2.45) is 0 Å². The third-order valence-electron chi connectivity index (χ3n) is 9.16. The quantitative estimate of drug-likeness (QED) is 0.145. The maximum Gasteiger partial charge on any atom is 0.0433 e. The number of thiophene rings is 1. The highest BCUT2D eigenvalue weighted by Gasteiger charge is 2.18. The molecule has 0 radical (unpaired) electrons. The highest BCUT2D eigenvalue weighted by atomic mass is 32.1.